The number of benzene rings is 4. The number of nitrogens with one attached hydrogen (secondary N) is 1. The number of methoxy groups -OCH3 is 1. The van der Waals surface area contributed by atoms with Gasteiger partial charge in [0.1, 0.15) is 18.3 Å². The average molecular weight is 628 g/mol. The van der Waals surface area contributed by atoms with Crippen molar-refractivity contribution in [1.82, 2.24) is 10.2 Å². The Kier molecular flexibility index (Phi) is 11.4. The second kappa shape index (κ2) is 15.4. The summed E-state index contributed by atoms with van der Waals surface area (Å²) in [6.45, 7) is 5.49. The zero-order chi connectivity index (χ0) is 32.4. The highest BCUT2D eigenvalue weighted by Crippen LogP contribution is 2.26. The SMILES string of the molecule is CC[C@@H](C)NC(=O)[C@H](Cc1ccccc1)N(Cc1ccc(C)cc1)C(=O)CN(c1ccccc1)S(=O)(=O)c1ccc(OC)cc1. The summed E-state index contributed by atoms with van der Waals surface area (Å²) in [6, 6.07) is 30.8. The lowest BCUT2D eigenvalue weighted by atomic mass is 10.0. The van der Waals surface area contributed by atoms with Crippen molar-refractivity contribution >= 4 is 27.5 Å². The molecule has 236 valence electrons. The number of hydrogen-bond acceptors (Lipinski definition) is 5. The minimum Gasteiger partial charge on any atom is -0.497 e. The maximum atomic E-state index is 14.5. The summed E-state index contributed by atoms with van der Waals surface area (Å²) < 4.78 is 34.5. The largest absolute Gasteiger partial charge is 0.497 e. The second-order valence-electron chi connectivity index (χ2n) is 11.1. The Hall–Kier alpha value is -4.63. The number of sulfonamides is 1. The molecule has 0 unspecified atom stereocenters. The van der Waals surface area contributed by atoms with Gasteiger partial charge in [0.15, 0.2) is 0 Å². The smallest absolute Gasteiger partial charge is 0.264 e. The fourth-order valence-electron chi connectivity index (χ4n) is 4.88. The molecule has 0 saturated carbocycles. The number of nitrogens with zero attached hydrogens (tertiary/aromatic N) is 2. The number of para-hydroxylation sites is 1. The molecule has 0 saturated heterocycles. The first-order valence-corrected chi connectivity index (χ1v) is 16.5. The van der Waals surface area contributed by atoms with Gasteiger partial charge in [0.2, 0.25) is 11.8 Å². The molecule has 0 spiro atoms. The topological polar surface area (TPSA) is 96.0 Å². The van der Waals surface area contributed by atoms with E-state index in [1.165, 1.54) is 24.1 Å². The zero-order valence-corrected chi connectivity index (χ0v) is 27.0. The van der Waals surface area contributed by atoms with Crippen LogP contribution in [0.5, 0.6) is 5.75 Å². The molecule has 4 aromatic rings. The fraction of sp³-hybridized carbons (Fsp3) is 0.278. The van der Waals surface area contributed by atoms with Crippen molar-refractivity contribution in [1.29, 1.82) is 0 Å². The lowest BCUT2D eigenvalue weighted by Crippen LogP contribution is -2.54. The molecule has 45 heavy (non-hydrogen) atoms. The summed E-state index contributed by atoms with van der Waals surface area (Å²) in [6.07, 6.45) is 0.981. The molecule has 2 amide bonds. The highest BCUT2D eigenvalue weighted by molar-refractivity contribution is 7.92. The first-order chi connectivity index (χ1) is 21.6. The summed E-state index contributed by atoms with van der Waals surface area (Å²) in [5, 5.41) is 3.06. The fourth-order valence-corrected chi connectivity index (χ4v) is 6.30. The molecule has 0 fully saturated rings. The van der Waals surface area contributed by atoms with Gasteiger partial charge in [0.25, 0.3) is 10.0 Å². The van der Waals surface area contributed by atoms with Crippen LogP contribution in [0.1, 0.15) is 37.0 Å². The van der Waals surface area contributed by atoms with Crippen molar-refractivity contribution in [3.63, 3.8) is 0 Å². The Labute approximate surface area is 266 Å². The van der Waals surface area contributed by atoms with E-state index < -0.39 is 28.5 Å². The van der Waals surface area contributed by atoms with Crippen LogP contribution in [0.3, 0.4) is 0 Å². The van der Waals surface area contributed by atoms with E-state index in [1.54, 1.807) is 42.5 Å². The van der Waals surface area contributed by atoms with E-state index in [4.69, 9.17) is 4.74 Å². The van der Waals surface area contributed by atoms with Crippen molar-refractivity contribution in [2.24, 2.45) is 0 Å². The summed E-state index contributed by atoms with van der Waals surface area (Å²) in [5.74, 6) is -0.286. The normalized spacial score (nSPS) is 12.5. The summed E-state index contributed by atoms with van der Waals surface area (Å²) in [5.41, 5.74) is 3.11. The van der Waals surface area contributed by atoms with Gasteiger partial charge >= 0.3 is 0 Å². The van der Waals surface area contributed by atoms with Crippen LogP contribution in [-0.2, 0) is 32.6 Å². The number of carbonyl (C=O) groups is 2. The highest BCUT2D eigenvalue weighted by atomic mass is 32.2. The quantitative estimate of drug-likeness (QED) is 0.192. The van der Waals surface area contributed by atoms with Crippen LogP contribution in [-0.4, -0.2) is 50.9 Å². The third kappa shape index (κ3) is 8.73. The Morgan fingerprint density at radius 1 is 0.822 bits per heavy atom. The van der Waals surface area contributed by atoms with E-state index in [0.29, 0.717) is 11.4 Å². The number of hydrogen-bond donors (Lipinski definition) is 1. The van der Waals surface area contributed by atoms with E-state index in [9.17, 15) is 18.0 Å². The van der Waals surface area contributed by atoms with Crippen LogP contribution in [0.2, 0.25) is 0 Å². The molecule has 8 nitrogen and oxygen atoms in total. The molecule has 0 heterocycles. The molecule has 0 aliphatic carbocycles. The monoisotopic (exact) mass is 627 g/mol. The molecule has 0 aliphatic rings. The summed E-state index contributed by atoms with van der Waals surface area (Å²) in [7, 11) is -2.68. The molecular weight excluding hydrogens is 586 g/mol. The zero-order valence-electron chi connectivity index (χ0n) is 26.2. The number of aryl methyl sites for hydroxylation is 1. The van der Waals surface area contributed by atoms with Gasteiger partial charge in [-0.25, -0.2) is 8.42 Å². The predicted molar refractivity (Wildman–Crippen MR) is 178 cm³/mol. The van der Waals surface area contributed by atoms with Crippen LogP contribution in [0.25, 0.3) is 0 Å². The van der Waals surface area contributed by atoms with Gasteiger partial charge in [-0.05, 0) is 67.8 Å². The molecule has 2 atom stereocenters. The maximum absolute atomic E-state index is 14.5. The maximum Gasteiger partial charge on any atom is 0.264 e. The van der Waals surface area contributed by atoms with Gasteiger partial charge in [0.05, 0.1) is 17.7 Å². The van der Waals surface area contributed by atoms with E-state index in [1.807, 2.05) is 75.4 Å². The number of amides is 2. The lowest BCUT2D eigenvalue weighted by molar-refractivity contribution is -0.140. The predicted octanol–water partition coefficient (Wildman–Crippen LogP) is 5.75. The van der Waals surface area contributed by atoms with Crippen molar-refractivity contribution in [3.05, 3.63) is 126 Å². The minimum absolute atomic E-state index is 0.0142. The molecule has 0 radical (unpaired) electrons. The van der Waals surface area contributed by atoms with Crippen molar-refractivity contribution in [2.75, 3.05) is 18.0 Å². The molecule has 0 aromatic heterocycles. The molecule has 9 heteroatoms. The second-order valence-corrected chi connectivity index (χ2v) is 12.9. The van der Waals surface area contributed by atoms with Gasteiger partial charge in [-0.2, -0.15) is 0 Å². The van der Waals surface area contributed by atoms with Crippen molar-refractivity contribution < 1.29 is 22.7 Å². The first-order valence-electron chi connectivity index (χ1n) is 15.0. The standard InChI is InChI=1S/C36H41N3O5S/c1-5-28(3)37-36(41)34(24-29-12-8-6-9-13-29)38(25-30-18-16-27(2)17-19-30)35(40)26-39(31-14-10-7-11-15-31)45(42,43)33-22-20-32(44-4)21-23-33/h6-23,28,34H,5,24-26H2,1-4H3,(H,37,41)/t28-,34+/m1/s1. The number of carbonyl (C=O) groups excluding carboxylic acids is 2. The highest BCUT2D eigenvalue weighted by Gasteiger charge is 2.35. The summed E-state index contributed by atoms with van der Waals surface area (Å²) in [4.78, 5) is 29.9. The van der Waals surface area contributed by atoms with Crippen LogP contribution in [0.4, 0.5) is 5.69 Å². The lowest BCUT2D eigenvalue weighted by Gasteiger charge is -2.34. The molecule has 1 N–H and O–H groups in total. The van der Waals surface area contributed by atoms with E-state index in [0.717, 1.165) is 27.4 Å². The Balaban J connectivity index is 1.78. The van der Waals surface area contributed by atoms with Gasteiger partial charge in [-0.3, -0.25) is 13.9 Å². The van der Waals surface area contributed by atoms with Gasteiger partial charge < -0.3 is 15.0 Å². The Morgan fingerprint density at radius 2 is 1.42 bits per heavy atom. The first kappa shape index (κ1) is 33.3. The van der Waals surface area contributed by atoms with Crippen molar-refractivity contribution in [2.45, 2.75) is 57.1 Å². The average Bonchev–Trinajstić information content (AvgIpc) is 3.06. The Morgan fingerprint density at radius 3 is 2.00 bits per heavy atom. The molecule has 0 bridgehead atoms. The van der Waals surface area contributed by atoms with E-state index >= 15 is 0 Å². The van der Waals surface area contributed by atoms with Gasteiger partial charge in [-0.15, -0.1) is 0 Å². The third-order valence-corrected chi connectivity index (χ3v) is 9.50. The summed E-state index contributed by atoms with van der Waals surface area (Å²) >= 11 is 0. The van der Waals surface area contributed by atoms with Gasteiger partial charge in [-0.1, -0.05) is 85.3 Å². The third-order valence-electron chi connectivity index (χ3n) is 7.72. The van der Waals surface area contributed by atoms with Crippen LogP contribution < -0.4 is 14.4 Å². The van der Waals surface area contributed by atoms with E-state index in [2.05, 4.69) is 5.32 Å². The van der Waals surface area contributed by atoms with Gasteiger partial charge in [0, 0.05) is 19.0 Å². The van der Waals surface area contributed by atoms with Crippen LogP contribution in [0, 0.1) is 6.92 Å². The van der Waals surface area contributed by atoms with E-state index in [-0.39, 0.29) is 29.8 Å². The molecular formula is C36H41N3O5S. The molecule has 4 aromatic carbocycles. The molecule has 4 rings (SSSR count). The number of ether oxygens (including phenoxy) is 1. The molecule has 0 aliphatic heterocycles. The number of rotatable bonds is 14. The Bertz CT molecular complexity index is 1640. The number of anilines is 1. The minimum atomic E-state index is -4.18. The van der Waals surface area contributed by atoms with Crippen LogP contribution in [0.15, 0.2) is 114 Å². The van der Waals surface area contributed by atoms with Crippen LogP contribution >= 0.6 is 0 Å². The van der Waals surface area contributed by atoms with Crippen molar-refractivity contribution in [3.8, 4) is 5.75 Å².